The first-order valence-corrected chi connectivity index (χ1v) is 7.51. The zero-order valence-electron chi connectivity index (χ0n) is 13.0. The number of nitrogens with one attached hydrogen (secondary N) is 1. The normalized spacial score (nSPS) is 10.4. The van der Waals surface area contributed by atoms with E-state index < -0.39 is 0 Å². The Balaban J connectivity index is 1.74. The molecule has 24 heavy (non-hydrogen) atoms. The molecule has 0 aliphatic carbocycles. The summed E-state index contributed by atoms with van der Waals surface area (Å²) in [4.78, 5) is 19.9. The van der Waals surface area contributed by atoms with E-state index in [1.54, 1.807) is 30.6 Å². The SMILES string of the molecule is CCCC(=O)Nc1ccc(-c2nnc(-c3ccccn3)nn2)nc1. The van der Waals surface area contributed by atoms with Crippen molar-refractivity contribution in [3.8, 4) is 23.0 Å². The number of pyridine rings is 2. The van der Waals surface area contributed by atoms with E-state index in [1.807, 2.05) is 19.1 Å². The van der Waals surface area contributed by atoms with Crippen molar-refractivity contribution in [2.45, 2.75) is 19.8 Å². The van der Waals surface area contributed by atoms with Crippen LogP contribution in [0.3, 0.4) is 0 Å². The molecule has 0 saturated heterocycles. The summed E-state index contributed by atoms with van der Waals surface area (Å²) in [5, 5.41) is 18.9. The smallest absolute Gasteiger partial charge is 0.224 e. The maximum Gasteiger partial charge on any atom is 0.224 e. The second kappa shape index (κ2) is 7.32. The summed E-state index contributed by atoms with van der Waals surface area (Å²) in [7, 11) is 0. The highest BCUT2D eigenvalue weighted by Gasteiger charge is 2.08. The van der Waals surface area contributed by atoms with Gasteiger partial charge >= 0.3 is 0 Å². The molecule has 0 bridgehead atoms. The third-order valence-electron chi connectivity index (χ3n) is 3.13. The van der Waals surface area contributed by atoms with Crippen LogP contribution in [-0.2, 0) is 4.79 Å². The topological polar surface area (TPSA) is 106 Å². The van der Waals surface area contributed by atoms with Gasteiger partial charge in [0.1, 0.15) is 11.4 Å². The quantitative estimate of drug-likeness (QED) is 0.767. The molecule has 3 aromatic heterocycles. The number of hydrogen-bond donors (Lipinski definition) is 1. The fourth-order valence-corrected chi connectivity index (χ4v) is 1.98. The lowest BCUT2D eigenvalue weighted by Crippen LogP contribution is -2.10. The predicted molar refractivity (Wildman–Crippen MR) is 87.6 cm³/mol. The van der Waals surface area contributed by atoms with Crippen molar-refractivity contribution in [3.05, 3.63) is 42.7 Å². The molecule has 8 heteroatoms. The maximum absolute atomic E-state index is 11.6. The molecule has 0 unspecified atom stereocenters. The first-order chi connectivity index (χ1) is 11.8. The van der Waals surface area contributed by atoms with Crippen LogP contribution in [0.1, 0.15) is 19.8 Å². The summed E-state index contributed by atoms with van der Waals surface area (Å²) < 4.78 is 0. The molecule has 3 aromatic rings. The average molecular weight is 321 g/mol. The molecule has 0 radical (unpaired) electrons. The molecular weight excluding hydrogens is 306 g/mol. The van der Waals surface area contributed by atoms with Gasteiger partial charge in [-0.05, 0) is 30.7 Å². The Bertz CT molecular complexity index is 804. The summed E-state index contributed by atoms with van der Waals surface area (Å²) in [6.45, 7) is 1.95. The molecule has 8 nitrogen and oxygen atoms in total. The lowest BCUT2D eigenvalue weighted by atomic mass is 10.3. The predicted octanol–water partition coefficient (Wildman–Crippen LogP) is 2.13. The highest BCUT2D eigenvalue weighted by atomic mass is 16.1. The second-order valence-electron chi connectivity index (χ2n) is 4.99. The number of carbonyl (C=O) groups excluding carboxylic acids is 1. The number of aromatic nitrogens is 6. The Kier molecular flexibility index (Phi) is 4.76. The number of amides is 1. The van der Waals surface area contributed by atoms with Crippen LogP contribution in [0.15, 0.2) is 42.7 Å². The van der Waals surface area contributed by atoms with Crippen LogP contribution in [0.5, 0.6) is 0 Å². The van der Waals surface area contributed by atoms with E-state index in [4.69, 9.17) is 0 Å². The minimum Gasteiger partial charge on any atom is -0.325 e. The Morgan fingerprint density at radius 1 is 0.958 bits per heavy atom. The number of anilines is 1. The molecule has 0 fully saturated rings. The number of hydrogen-bond acceptors (Lipinski definition) is 7. The van der Waals surface area contributed by atoms with E-state index in [-0.39, 0.29) is 5.91 Å². The second-order valence-corrected chi connectivity index (χ2v) is 4.99. The van der Waals surface area contributed by atoms with Crippen LogP contribution in [-0.4, -0.2) is 36.3 Å². The van der Waals surface area contributed by atoms with Crippen molar-refractivity contribution >= 4 is 11.6 Å². The van der Waals surface area contributed by atoms with Crippen LogP contribution in [0, 0.1) is 0 Å². The van der Waals surface area contributed by atoms with Crippen LogP contribution >= 0.6 is 0 Å². The standard InChI is InChI=1S/C16H15N7O/c1-2-5-14(24)19-11-7-8-13(18-10-11)16-22-20-15(21-23-16)12-6-3-4-9-17-12/h3-4,6-10H,2,5H2,1H3,(H,19,24). The molecule has 0 aliphatic rings. The Labute approximate surface area is 138 Å². The molecule has 3 heterocycles. The molecule has 0 spiro atoms. The average Bonchev–Trinajstić information content (AvgIpc) is 2.63. The third kappa shape index (κ3) is 3.72. The largest absolute Gasteiger partial charge is 0.325 e. The molecule has 120 valence electrons. The van der Waals surface area contributed by atoms with E-state index in [2.05, 4.69) is 35.7 Å². The van der Waals surface area contributed by atoms with E-state index in [0.717, 1.165) is 6.42 Å². The van der Waals surface area contributed by atoms with Crippen molar-refractivity contribution in [1.82, 2.24) is 30.4 Å². The summed E-state index contributed by atoms with van der Waals surface area (Å²) in [6, 6.07) is 8.88. The van der Waals surface area contributed by atoms with Crippen molar-refractivity contribution in [2.24, 2.45) is 0 Å². The summed E-state index contributed by atoms with van der Waals surface area (Å²) in [5.74, 6) is 0.621. The summed E-state index contributed by atoms with van der Waals surface area (Å²) in [5.41, 5.74) is 1.75. The van der Waals surface area contributed by atoms with Gasteiger partial charge in [-0.25, -0.2) is 0 Å². The molecule has 0 aliphatic heterocycles. The Hall–Kier alpha value is -3.29. The Morgan fingerprint density at radius 2 is 1.67 bits per heavy atom. The van der Waals surface area contributed by atoms with Gasteiger partial charge in [0.15, 0.2) is 0 Å². The molecular formula is C16H15N7O. The zero-order valence-corrected chi connectivity index (χ0v) is 13.0. The summed E-state index contributed by atoms with van der Waals surface area (Å²) in [6.07, 6.45) is 4.48. The highest BCUT2D eigenvalue weighted by Crippen LogP contribution is 2.15. The summed E-state index contributed by atoms with van der Waals surface area (Å²) >= 11 is 0. The van der Waals surface area contributed by atoms with Crippen molar-refractivity contribution in [2.75, 3.05) is 5.32 Å². The first kappa shape index (κ1) is 15.6. The fraction of sp³-hybridized carbons (Fsp3) is 0.188. The highest BCUT2D eigenvalue weighted by molar-refractivity contribution is 5.90. The maximum atomic E-state index is 11.6. The molecule has 0 saturated carbocycles. The van der Waals surface area contributed by atoms with E-state index in [1.165, 1.54) is 0 Å². The molecule has 3 rings (SSSR count). The van der Waals surface area contributed by atoms with E-state index >= 15 is 0 Å². The third-order valence-corrected chi connectivity index (χ3v) is 3.13. The van der Waals surface area contributed by atoms with Crippen LogP contribution in [0.25, 0.3) is 23.0 Å². The lowest BCUT2D eigenvalue weighted by Gasteiger charge is -2.04. The van der Waals surface area contributed by atoms with E-state index in [9.17, 15) is 4.79 Å². The van der Waals surface area contributed by atoms with Crippen LogP contribution < -0.4 is 5.32 Å². The zero-order chi connectivity index (χ0) is 16.8. The number of nitrogens with zero attached hydrogens (tertiary/aromatic N) is 6. The Morgan fingerprint density at radius 3 is 2.21 bits per heavy atom. The molecule has 0 aromatic carbocycles. The lowest BCUT2D eigenvalue weighted by molar-refractivity contribution is -0.116. The monoisotopic (exact) mass is 321 g/mol. The number of carbonyl (C=O) groups is 1. The first-order valence-electron chi connectivity index (χ1n) is 7.51. The van der Waals surface area contributed by atoms with Crippen molar-refractivity contribution in [1.29, 1.82) is 0 Å². The molecule has 1 N–H and O–H groups in total. The minimum absolute atomic E-state index is 0.0358. The van der Waals surface area contributed by atoms with Crippen molar-refractivity contribution < 1.29 is 4.79 Å². The van der Waals surface area contributed by atoms with Gasteiger partial charge in [-0.3, -0.25) is 14.8 Å². The van der Waals surface area contributed by atoms with Crippen LogP contribution in [0.2, 0.25) is 0 Å². The molecule has 1 amide bonds. The van der Waals surface area contributed by atoms with E-state index in [0.29, 0.717) is 35.1 Å². The van der Waals surface area contributed by atoms with Gasteiger partial charge in [0.25, 0.3) is 0 Å². The van der Waals surface area contributed by atoms with Gasteiger partial charge in [0.2, 0.25) is 17.6 Å². The van der Waals surface area contributed by atoms with Gasteiger partial charge in [-0.2, -0.15) is 0 Å². The van der Waals surface area contributed by atoms with Gasteiger partial charge in [0, 0.05) is 12.6 Å². The fourth-order valence-electron chi connectivity index (χ4n) is 1.98. The van der Waals surface area contributed by atoms with Gasteiger partial charge < -0.3 is 5.32 Å². The van der Waals surface area contributed by atoms with Crippen molar-refractivity contribution in [3.63, 3.8) is 0 Å². The van der Waals surface area contributed by atoms with Gasteiger partial charge in [-0.1, -0.05) is 13.0 Å². The van der Waals surface area contributed by atoms with Gasteiger partial charge in [-0.15, -0.1) is 20.4 Å². The minimum atomic E-state index is -0.0358. The molecule has 0 atom stereocenters. The number of rotatable bonds is 5. The van der Waals surface area contributed by atoms with Crippen LogP contribution in [0.4, 0.5) is 5.69 Å². The van der Waals surface area contributed by atoms with Gasteiger partial charge in [0.05, 0.1) is 11.9 Å².